The van der Waals surface area contributed by atoms with Gasteiger partial charge < -0.3 is 14.2 Å². The summed E-state index contributed by atoms with van der Waals surface area (Å²) in [5.74, 6) is 1.95. The van der Waals surface area contributed by atoms with Crippen LogP contribution in [0.5, 0.6) is 0 Å². The van der Waals surface area contributed by atoms with Crippen molar-refractivity contribution in [3.8, 4) is 22.6 Å². The molecule has 0 N–H and O–H groups in total. The number of hydrogen-bond acceptors (Lipinski definition) is 3. The molecule has 0 amide bonds. The zero-order valence-corrected chi connectivity index (χ0v) is 16.7. The van der Waals surface area contributed by atoms with Crippen LogP contribution in [0.4, 0.5) is 0 Å². The molecule has 3 nitrogen and oxygen atoms in total. The highest BCUT2D eigenvalue weighted by Crippen LogP contribution is 2.38. The zero-order chi connectivity index (χ0) is 17.8. The van der Waals surface area contributed by atoms with Crippen LogP contribution in [-0.4, -0.2) is 38.0 Å². The molecule has 0 saturated carbocycles. The average molecular weight is 371 g/mol. The Morgan fingerprint density at radius 3 is 1.27 bits per heavy atom. The van der Waals surface area contributed by atoms with Gasteiger partial charge in [-0.1, -0.05) is 60.7 Å². The van der Waals surface area contributed by atoms with E-state index in [2.05, 4.69) is 86.5 Å². The van der Waals surface area contributed by atoms with Gasteiger partial charge in [0.15, 0.2) is 0 Å². The lowest BCUT2D eigenvalue weighted by molar-refractivity contribution is 0.383. The average Bonchev–Trinajstić information content (AvgIpc) is 2.94. The van der Waals surface area contributed by atoms with Gasteiger partial charge in [-0.05, 0) is 28.2 Å². The maximum Gasteiger partial charge on any atom is 0.139 e. The second-order valence-electron chi connectivity index (χ2n) is 6.93. The van der Waals surface area contributed by atoms with Crippen LogP contribution in [0.15, 0.2) is 65.1 Å². The van der Waals surface area contributed by atoms with E-state index in [9.17, 15) is 0 Å². The van der Waals surface area contributed by atoms with Crippen molar-refractivity contribution in [2.75, 3.05) is 28.2 Å². The Morgan fingerprint density at radius 1 is 0.615 bits per heavy atom. The summed E-state index contributed by atoms with van der Waals surface area (Å²) in [5, 5.41) is 0. The van der Waals surface area contributed by atoms with Gasteiger partial charge in [0.25, 0.3) is 0 Å². The van der Waals surface area contributed by atoms with Gasteiger partial charge in [0, 0.05) is 35.3 Å². The first-order valence-corrected chi connectivity index (χ1v) is 8.61. The summed E-state index contributed by atoms with van der Waals surface area (Å²) >= 11 is 0. The van der Waals surface area contributed by atoms with E-state index in [1.807, 2.05) is 12.1 Å². The number of hydrogen-bond donors (Lipinski definition) is 0. The van der Waals surface area contributed by atoms with Crippen LogP contribution >= 0.6 is 12.4 Å². The predicted octanol–water partition coefficient (Wildman–Crippen LogP) is 5.16. The van der Waals surface area contributed by atoms with E-state index >= 15 is 0 Å². The summed E-state index contributed by atoms with van der Waals surface area (Å²) in [6, 6.07) is 20.8. The molecular weight excluding hydrogens is 344 g/mol. The summed E-state index contributed by atoms with van der Waals surface area (Å²) < 4.78 is 6.47. The molecule has 0 fully saturated rings. The zero-order valence-electron chi connectivity index (χ0n) is 15.9. The monoisotopic (exact) mass is 370 g/mol. The third kappa shape index (κ3) is 4.55. The molecule has 138 valence electrons. The smallest absolute Gasteiger partial charge is 0.139 e. The quantitative estimate of drug-likeness (QED) is 0.597. The molecule has 0 saturated heterocycles. The highest BCUT2D eigenvalue weighted by Gasteiger charge is 2.23. The topological polar surface area (TPSA) is 19.6 Å². The van der Waals surface area contributed by atoms with Crippen molar-refractivity contribution in [2.24, 2.45) is 0 Å². The van der Waals surface area contributed by atoms with Crippen LogP contribution in [-0.2, 0) is 13.1 Å². The molecule has 1 heterocycles. The molecule has 0 aliphatic rings. The van der Waals surface area contributed by atoms with Gasteiger partial charge in [-0.15, -0.1) is 12.4 Å². The lowest BCUT2D eigenvalue weighted by Gasteiger charge is -2.15. The molecule has 0 radical (unpaired) electrons. The van der Waals surface area contributed by atoms with Crippen LogP contribution in [0.1, 0.15) is 11.1 Å². The number of furan rings is 1. The molecule has 0 unspecified atom stereocenters. The SMILES string of the molecule is CN(C)Cc1c(-c2ccccc2)oc(-c2ccccc2)c1CN(C)C.Cl. The molecule has 0 atom stereocenters. The Labute approximate surface area is 162 Å². The standard InChI is InChI=1S/C22H26N2O.ClH/c1-23(2)15-19-20(16-24(3)4)22(18-13-9-6-10-14-18)25-21(19)17-11-7-5-8-12-17;/h5-14H,15-16H2,1-4H3;1H. The Hall–Kier alpha value is -2.07. The number of halogens is 1. The molecule has 2 aromatic carbocycles. The molecule has 3 aromatic rings. The summed E-state index contributed by atoms with van der Waals surface area (Å²) in [6.45, 7) is 1.70. The second-order valence-corrected chi connectivity index (χ2v) is 6.93. The number of benzene rings is 2. The van der Waals surface area contributed by atoms with E-state index in [0.717, 1.165) is 35.7 Å². The van der Waals surface area contributed by atoms with E-state index in [-0.39, 0.29) is 12.4 Å². The van der Waals surface area contributed by atoms with Crippen molar-refractivity contribution >= 4 is 12.4 Å². The van der Waals surface area contributed by atoms with Gasteiger partial charge in [0.05, 0.1) is 0 Å². The van der Waals surface area contributed by atoms with Crippen LogP contribution in [0.3, 0.4) is 0 Å². The van der Waals surface area contributed by atoms with Crippen LogP contribution in [0.2, 0.25) is 0 Å². The fourth-order valence-corrected chi connectivity index (χ4v) is 3.11. The minimum Gasteiger partial charge on any atom is -0.455 e. The number of rotatable bonds is 6. The first-order valence-electron chi connectivity index (χ1n) is 8.61. The van der Waals surface area contributed by atoms with E-state index in [0.29, 0.717) is 0 Å². The summed E-state index contributed by atoms with van der Waals surface area (Å²) in [7, 11) is 8.40. The molecule has 0 spiro atoms. The molecule has 3 rings (SSSR count). The molecule has 4 heteroatoms. The maximum absolute atomic E-state index is 6.47. The third-order valence-electron chi connectivity index (χ3n) is 4.14. The molecule has 1 aromatic heterocycles. The minimum atomic E-state index is 0. The van der Waals surface area contributed by atoms with Gasteiger partial charge in [-0.2, -0.15) is 0 Å². The Balaban J connectivity index is 0.00000243. The summed E-state index contributed by atoms with van der Waals surface area (Å²) in [5.41, 5.74) is 4.79. The molecular formula is C22H27ClN2O. The highest BCUT2D eigenvalue weighted by molar-refractivity contribution is 5.85. The van der Waals surface area contributed by atoms with Crippen molar-refractivity contribution in [2.45, 2.75) is 13.1 Å². The first kappa shape index (κ1) is 20.2. The van der Waals surface area contributed by atoms with Gasteiger partial charge in [0.2, 0.25) is 0 Å². The lowest BCUT2D eigenvalue weighted by Crippen LogP contribution is -2.16. The highest BCUT2D eigenvalue weighted by atomic mass is 35.5. The Bertz CT molecular complexity index is 743. The first-order chi connectivity index (χ1) is 12.1. The van der Waals surface area contributed by atoms with E-state index in [1.165, 1.54) is 11.1 Å². The third-order valence-corrected chi connectivity index (χ3v) is 4.14. The van der Waals surface area contributed by atoms with E-state index in [4.69, 9.17) is 4.42 Å². The van der Waals surface area contributed by atoms with E-state index in [1.54, 1.807) is 0 Å². The number of nitrogens with zero attached hydrogens (tertiary/aromatic N) is 2. The van der Waals surface area contributed by atoms with Gasteiger partial charge >= 0.3 is 0 Å². The normalized spacial score (nSPS) is 11.0. The van der Waals surface area contributed by atoms with Crippen molar-refractivity contribution in [1.82, 2.24) is 9.80 Å². The Kier molecular flexibility index (Phi) is 7.04. The fraction of sp³-hybridized carbons (Fsp3) is 0.273. The summed E-state index contributed by atoms with van der Waals surface area (Å²) in [6.07, 6.45) is 0. The van der Waals surface area contributed by atoms with Crippen LogP contribution in [0.25, 0.3) is 22.6 Å². The van der Waals surface area contributed by atoms with Gasteiger partial charge in [-0.3, -0.25) is 0 Å². The van der Waals surface area contributed by atoms with Crippen molar-refractivity contribution in [3.05, 3.63) is 71.8 Å². The largest absolute Gasteiger partial charge is 0.455 e. The molecule has 0 aliphatic heterocycles. The van der Waals surface area contributed by atoms with Crippen molar-refractivity contribution in [1.29, 1.82) is 0 Å². The van der Waals surface area contributed by atoms with Crippen LogP contribution in [0, 0.1) is 0 Å². The molecule has 0 bridgehead atoms. The lowest BCUT2D eigenvalue weighted by atomic mass is 10.0. The van der Waals surface area contributed by atoms with E-state index < -0.39 is 0 Å². The molecule has 0 aliphatic carbocycles. The summed E-state index contributed by atoms with van der Waals surface area (Å²) in [4.78, 5) is 4.40. The van der Waals surface area contributed by atoms with Crippen molar-refractivity contribution in [3.63, 3.8) is 0 Å². The van der Waals surface area contributed by atoms with Crippen LogP contribution < -0.4 is 0 Å². The minimum absolute atomic E-state index is 0. The Morgan fingerprint density at radius 2 is 0.962 bits per heavy atom. The predicted molar refractivity (Wildman–Crippen MR) is 112 cm³/mol. The second kappa shape index (κ2) is 9.04. The van der Waals surface area contributed by atoms with Gasteiger partial charge in [-0.25, -0.2) is 0 Å². The van der Waals surface area contributed by atoms with Crippen molar-refractivity contribution < 1.29 is 4.42 Å². The molecule has 26 heavy (non-hydrogen) atoms. The fourth-order valence-electron chi connectivity index (χ4n) is 3.11. The maximum atomic E-state index is 6.47. The van der Waals surface area contributed by atoms with Gasteiger partial charge in [0.1, 0.15) is 11.5 Å².